The molecule has 0 saturated carbocycles. The van der Waals surface area contributed by atoms with Crippen LogP contribution in [0.25, 0.3) is 0 Å². The van der Waals surface area contributed by atoms with E-state index in [9.17, 15) is 28.8 Å². The fraction of sp³-hybridized carbons (Fsp3) is 0.429. The van der Waals surface area contributed by atoms with Crippen LogP contribution in [0, 0.1) is 20.8 Å². The summed E-state index contributed by atoms with van der Waals surface area (Å²) in [5.74, 6) is 0. The zero-order valence-electron chi connectivity index (χ0n) is 21.1. The molecule has 3 heterocycles. The van der Waals surface area contributed by atoms with Crippen LogP contribution in [0.3, 0.4) is 0 Å². The number of aromatic amines is 3. The first-order valence-electron chi connectivity index (χ1n) is 11.7. The first kappa shape index (κ1) is 29.1. The van der Waals surface area contributed by atoms with E-state index >= 15 is 0 Å². The van der Waals surface area contributed by atoms with Crippen molar-refractivity contribution in [3.8, 4) is 0 Å². The largest absolute Gasteiger partial charge is 0.328 e. The van der Waals surface area contributed by atoms with E-state index in [1.807, 2.05) is 0 Å². The summed E-state index contributed by atoms with van der Waals surface area (Å²) in [6.07, 6.45) is 0. The minimum atomic E-state index is -2.85. The molecule has 0 saturated heterocycles. The molecule has 15 nitrogen and oxygen atoms in total. The van der Waals surface area contributed by atoms with Crippen LogP contribution >= 0.6 is 6.49 Å². The van der Waals surface area contributed by atoms with Gasteiger partial charge in [0.25, 0.3) is 16.7 Å². The van der Waals surface area contributed by atoms with Crippen LogP contribution in [0.2, 0.25) is 0 Å². The van der Waals surface area contributed by atoms with Gasteiger partial charge in [0.1, 0.15) is 6.49 Å². The Morgan fingerprint density at radius 2 is 0.868 bits per heavy atom. The number of hydrogen-bond acceptors (Lipinski definition) is 7. The highest BCUT2D eigenvalue weighted by Crippen LogP contribution is 2.29. The monoisotopic (exact) mass is 567 g/mol. The number of hydrogen-bond donors (Lipinski definition) is 6. The molecule has 38 heavy (non-hydrogen) atoms. The van der Waals surface area contributed by atoms with E-state index in [0.717, 1.165) is 13.7 Å². The summed E-state index contributed by atoms with van der Waals surface area (Å²) in [5, 5.41) is 9.32. The summed E-state index contributed by atoms with van der Waals surface area (Å²) >= 11 is 5.77. The fourth-order valence-corrected chi connectivity index (χ4v) is 6.07. The molecule has 6 N–H and O–H groups in total. The molecule has 0 unspecified atom stereocenters. The van der Waals surface area contributed by atoms with Crippen LogP contribution in [-0.4, -0.2) is 48.3 Å². The van der Waals surface area contributed by atoms with Crippen molar-refractivity contribution in [2.75, 3.05) is 19.6 Å². The van der Waals surface area contributed by atoms with Gasteiger partial charge < -0.3 is 15.0 Å². The van der Waals surface area contributed by atoms with Gasteiger partial charge in [-0.15, -0.1) is 0 Å². The lowest BCUT2D eigenvalue weighted by Crippen LogP contribution is -2.43. The average Bonchev–Trinajstić information content (AvgIpc) is 2.79. The predicted molar refractivity (Wildman–Crippen MR) is 146 cm³/mol. The van der Waals surface area contributed by atoms with Gasteiger partial charge in [-0.05, 0) is 32.6 Å². The third kappa shape index (κ3) is 7.55. The third-order valence-electron chi connectivity index (χ3n) is 5.48. The number of aryl methyl sites for hydroxylation is 3. The van der Waals surface area contributed by atoms with Crippen molar-refractivity contribution >= 4 is 18.3 Å². The van der Waals surface area contributed by atoms with Gasteiger partial charge in [-0.25, -0.2) is 14.4 Å². The number of H-pyrrole nitrogens is 3. The Balaban J connectivity index is 1.73. The van der Waals surface area contributed by atoms with Gasteiger partial charge in [-0.3, -0.25) is 43.3 Å². The second-order valence-electron chi connectivity index (χ2n) is 8.58. The number of nitrogens with zero attached hydrogens (tertiary/aromatic N) is 3. The van der Waals surface area contributed by atoms with E-state index in [-0.39, 0.29) is 39.3 Å². The number of aromatic nitrogens is 6. The van der Waals surface area contributed by atoms with Gasteiger partial charge in [0, 0.05) is 74.5 Å². The van der Waals surface area contributed by atoms with Gasteiger partial charge >= 0.3 is 17.1 Å². The summed E-state index contributed by atoms with van der Waals surface area (Å²) in [6.45, 7) is 2.39. The molecular weight excluding hydrogens is 537 g/mol. The van der Waals surface area contributed by atoms with Crippen LogP contribution in [0.5, 0.6) is 0 Å². The standard InChI is InChI=1S/C21H30N9O6PS/c1-13-10-16(31)28(19(34)25-13)7-4-22-37(38,23-5-8-29-17(32)11-14(2)26-20(29)35)24-6-9-30-18(33)12-15(3)27-21(30)36/h10-12H,4-9H2,1-3H3,(H,25,34)(H,26,35)(H,27,36)(H3,22,23,24,38). The highest BCUT2D eigenvalue weighted by molar-refractivity contribution is 8.11. The Kier molecular flexibility index (Phi) is 9.51. The van der Waals surface area contributed by atoms with Crippen molar-refractivity contribution < 1.29 is 0 Å². The van der Waals surface area contributed by atoms with Gasteiger partial charge in [0.15, 0.2) is 0 Å². The van der Waals surface area contributed by atoms with Crippen LogP contribution < -0.4 is 49.0 Å². The van der Waals surface area contributed by atoms with E-state index in [0.29, 0.717) is 17.1 Å². The average molecular weight is 568 g/mol. The Bertz CT molecular complexity index is 1420. The van der Waals surface area contributed by atoms with Crippen LogP contribution in [0.1, 0.15) is 17.1 Å². The number of nitrogens with one attached hydrogen (secondary N) is 6. The minimum absolute atomic E-state index is 0.0182. The van der Waals surface area contributed by atoms with Crippen molar-refractivity contribution in [1.29, 1.82) is 0 Å². The van der Waals surface area contributed by atoms with Crippen molar-refractivity contribution in [2.24, 2.45) is 0 Å². The first-order valence-corrected chi connectivity index (χ1v) is 14.5. The first-order chi connectivity index (χ1) is 17.9. The Labute approximate surface area is 220 Å². The molecule has 0 aromatic carbocycles. The maximum absolute atomic E-state index is 12.2. The molecule has 0 aliphatic carbocycles. The second-order valence-corrected chi connectivity index (χ2v) is 12.4. The van der Waals surface area contributed by atoms with E-state index in [4.69, 9.17) is 11.8 Å². The molecule has 0 radical (unpaired) electrons. The summed E-state index contributed by atoms with van der Waals surface area (Å²) in [4.78, 5) is 80.7. The number of rotatable bonds is 12. The summed E-state index contributed by atoms with van der Waals surface area (Å²) in [7, 11) is 0. The van der Waals surface area contributed by atoms with Crippen molar-refractivity contribution in [3.63, 3.8) is 0 Å². The highest BCUT2D eigenvalue weighted by Gasteiger charge is 2.17. The molecule has 0 fully saturated rings. The Hall–Kier alpha value is -3.43. The van der Waals surface area contributed by atoms with Gasteiger partial charge in [-0.1, -0.05) is 0 Å². The molecule has 3 aromatic heterocycles. The maximum Gasteiger partial charge on any atom is 0.328 e. The lowest BCUT2D eigenvalue weighted by molar-refractivity contribution is 0.591. The molecule has 0 bridgehead atoms. The van der Waals surface area contributed by atoms with E-state index in [1.54, 1.807) is 20.8 Å². The lowest BCUT2D eigenvalue weighted by Gasteiger charge is -2.26. The van der Waals surface area contributed by atoms with Crippen LogP contribution in [0.4, 0.5) is 0 Å². The Morgan fingerprint density at radius 1 is 0.605 bits per heavy atom. The zero-order valence-corrected chi connectivity index (χ0v) is 22.8. The normalized spacial score (nSPS) is 11.7. The maximum atomic E-state index is 12.2. The molecular formula is C21H30N9O6PS. The fourth-order valence-electron chi connectivity index (χ4n) is 3.67. The quantitative estimate of drug-likeness (QED) is 0.128. The molecule has 206 valence electrons. The van der Waals surface area contributed by atoms with Crippen LogP contribution in [0.15, 0.2) is 47.0 Å². The molecule has 3 aromatic rings. The molecule has 3 rings (SSSR count). The van der Waals surface area contributed by atoms with Gasteiger partial charge in [-0.2, -0.15) is 0 Å². The molecule has 0 amide bonds. The van der Waals surface area contributed by atoms with Gasteiger partial charge in [0.05, 0.1) is 0 Å². The zero-order chi connectivity index (χ0) is 28.0. The van der Waals surface area contributed by atoms with E-state index < -0.39 is 40.2 Å². The topological polar surface area (TPSA) is 201 Å². The summed E-state index contributed by atoms with van der Waals surface area (Å²) in [6, 6.07) is 3.92. The Morgan fingerprint density at radius 3 is 1.11 bits per heavy atom. The summed E-state index contributed by atoms with van der Waals surface area (Å²) in [5.41, 5.74) is -1.71. The molecule has 0 spiro atoms. The smallest absolute Gasteiger partial charge is 0.311 e. The third-order valence-corrected chi connectivity index (χ3v) is 8.64. The van der Waals surface area contributed by atoms with Crippen LogP contribution in [-0.2, 0) is 31.4 Å². The SMILES string of the molecule is Cc1cc(=O)n(CCNP(=S)(NCCn2c(=O)cc(C)[nH]c2=O)NCCn2c(=O)cc(C)[nH]c2=O)c(=O)[nH]1. The highest BCUT2D eigenvalue weighted by atomic mass is 32.4. The van der Waals surface area contributed by atoms with E-state index in [1.165, 1.54) is 18.2 Å². The minimum Gasteiger partial charge on any atom is -0.311 e. The van der Waals surface area contributed by atoms with Crippen molar-refractivity contribution in [3.05, 3.63) is 97.8 Å². The summed E-state index contributed by atoms with van der Waals surface area (Å²) < 4.78 is 3.07. The molecule has 0 aliphatic rings. The lowest BCUT2D eigenvalue weighted by atomic mass is 10.4. The molecule has 0 aliphatic heterocycles. The van der Waals surface area contributed by atoms with Gasteiger partial charge in [0.2, 0.25) is 0 Å². The van der Waals surface area contributed by atoms with E-state index in [2.05, 4.69) is 30.2 Å². The molecule has 0 atom stereocenters. The van der Waals surface area contributed by atoms with Crippen molar-refractivity contribution in [1.82, 2.24) is 43.9 Å². The molecule has 17 heteroatoms. The predicted octanol–water partition coefficient (Wildman–Crippen LogP) is -2.44. The van der Waals surface area contributed by atoms with Crippen molar-refractivity contribution in [2.45, 2.75) is 40.4 Å². The second kappa shape index (κ2) is 12.4.